The van der Waals surface area contributed by atoms with Crippen LogP contribution in [0.1, 0.15) is 35.7 Å². The van der Waals surface area contributed by atoms with E-state index in [1.165, 1.54) is 12.1 Å². The van der Waals surface area contributed by atoms with E-state index in [0.717, 1.165) is 12.5 Å². The van der Waals surface area contributed by atoms with Gasteiger partial charge in [-0.3, -0.25) is 4.79 Å². The maximum atomic E-state index is 12.7. The quantitative estimate of drug-likeness (QED) is 0.819. The largest absolute Gasteiger partial charge is 0.417 e. The van der Waals surface area contributed by atoms with Crippen LogP contribution in [-0.4, -0.2) is 11.9 Å². The molecule has 20 heavy (non-hydrogen) atoms. The van der Waals surface area contributed by atoms with Crippen LogP contribution in [0.25, 0.3) is 0 Å². The van der Waals surface area contributed by atoms with Crippen LogP contribution in [0.3, 0.4) is 0 Å². The maximum Gasteiger partial charge on any atom is 0.417 e. The van der Waals surface area contributed by atoms with E-state index >= 15 is 0 Å². The molecule has 1 unspecified atom stereocenters. The molecule has 1 rings (SSSR count). The molecular formula is C14H13BrF3NO. The van der Waals surface area contributed by atoms with E-state index < -0.39 is 23.7 Å². The molecule has 0 heterocycles. The van der Waals surface area contributed by atoms with Gasteiger partial charge >= 0.3 is 6.18 Å². The van der Waals surface area contributed by atoms with Crippen LogP contribution in [0.15, 0.2) is 22.7 Å². The van der Waals surface area contributed by atoms with Crippen molar-refractivity contribution < 1.29 is 18.0 Å². The lowest BCUT2D eigenvalue weighted by molar-refractivity contribution is -0.138. The minimum Gasteiger partial charge on any atom is -0.338 e. The van der Waals surface area contributed by atoms with E-state index in [1.54, 1.807) is 0 Å². The van der Waals surface area contributed by atoms with Crippen LogP contribution in [0, 0.1) is 12.3 Å². The van der Waals surface area contributed by atoms with Crippen molar-refractivity contribution in [1.29, 1.82) is 0 Å². The minimum absolute atomic E-state index is 0.0723. The van der Waals surface area contributed by atoms with Crippen molar-refractivity contribution in [3.63, 3.8) is 0 Å². The van der Waals surface area contributed by atoms with Gasteiger partial charge in [-0.05, 0) is 24.6 Å². The first-order chi connectivity index (χ1) is 9.29. The van der Waals surface area contributed by atoms with Crippen molar-refractivity contribution in [2.45, 2.75) is 32.0 Å². The standard InChI is InChI=1S/C14H13BrF3NO/c1-3-5-10(4-2)19-13(20)9-6-7-12(15)11(8-9)14(16,17)18/h2,6-8,10H,3,5H2,1H3,(H,19,20). The molecule has 0 aliphatic carbocycles. The molecule has 1 atom stereocenters. The van der Waals surface area contributed by atoms with Gasteiger partial charge in [-0.2, -0.15) is 13.2 Å². The van der Waals surface area contributed by atoms with E-state index in [0.29, 0.717) is 6.42 Å². The first kappa shape index (κ1) is 16.6. The third-order valence-corrected chi connectivity index (χ3v) is 3.31. The van der Waals surface area contributed by atoms with Crippen molar-refractivity contribution >= 4 is 21.8 Å². The summed E-state index contributed by atoms with van der Waals surface area (Å²) < 4.78 is 38.1. The predicted molar refractivity (Wildman–Crippen MR) is 74.1 cm³/mol. The van der Waals surface area contributed by atoms with Gasteiger partial charge < -0.3 is 5.32 Å². The van der Waals surface area contributed by atoms with Gasteiger partial charge in [0.15, 0.2) is 0 Å². The highest BCUT2D eigenvalue weighted by Crippen LogP contribution is 2.35. The van der Waals surface area contributed by atoms with Crippen molar-refractivity contribution in [1.82, 2.24) is 5.32 Å². The zero-order chi connectivity index (χ0) is 15.3. The van der Waals surface area contributed by atoms with Crippen molar-refractivity contribution in [2.24, 2.45) is 0 Å². The summed E-state index contributed by atoms with van der Waals surface area (Å²) in [5, 5.41) is 2.52. The Morgan fingerprint density at radius 1 is 1.50 bits per heavy atom. The number of hydrogen-bond acceptors (Lipinski definition) is 1. The number of carbonyl (C=O) groups excluding carboxylic acids is 1. The molecule has 1 N–H and O–H groups in total. The molecule has 2 nitrogen and oxygen atoms in total. The molecular weight excluding hydrogens is 335 g/mol. The van der Waals surface area contributed by atoms with Gasteiger partial charge in [-0.25, -0.2) is 0 Å². The Morgan fingerprint density at radius 3 is 2.65 bits per heavy atom. The lowest BCUT2D eigenvalue weighted by atomic mass is 10.1. The number of hydrogen-bond donors (Lipinski definition) is 1. The van der Waals surface area contributed by atoms with Crippen LogP contribution in [0.4, 0.5) is 13.2 Å². The second-order valence-corrected chi connectivity index (χ2v) is 5.03. The van der Waals surface area contributed by atoms with E-state index in [1.807, 2.05) is 6.92 Å². The molecule has 1 amide bonds. The fourth-order valence-corrected chi connectivity index (χ4v) is 2.08. The second-order valence-electron chi connectivity index (χ2n) is 4.17. The molecule has 0 spiro atoms. The Bertz CT molecular complexity index is 534. The third kappa shape index (κ3) is 4.27. The monoisotopic (exact) mass is 347 g/mol. The Labute approximate surface area is 123 Å². The van der Waals surface area contributed by atoms with Crippen LogP contribution in [0.5, 0.6) is 0 Å². The zero-order valence-corrected chi connectivity index (χ0v) is 12.3. The van der Waals surface area contributed by atoms with E-state index in [-0.39, 0.29) is 10.0 Å². The molecule has 6 heteroatoms. The normalized spacial score (nSPS) is 12.6. The summed E-state index contributed by atoms with van der Waals surface area (Å²) in [6.45, 7) is 1.90. The van der Waals surface area contributed by atoms with Crippen LogP contribution in [0.2, 0.25) is 0 Å². The number of amides is 1. The summed E-state index contributed by atoms with van der Waals surface area (Å²) in [6.07, 6.45) is 2.07. The topological polar surface area (TPSA) is 29.1 Å². The summed E-state index contributed by atoms with van der Waals surface area (Å²) in [4.78, 5) is 11.9. The van der Waals surface area contributed by atoms with Gasteiger partial charge in [0.05, 0.1) is 11.6 Å². The second kappa shape index (κ2) is 6.80. The molecule has 0 aromatic heterocycles. The Kier molecular flexibility index (Phi) is 5.63. The molecule has 1 aromatic rings. The number of halogens is 4. The van der Waals surface area contributed by atoms with Gasteiger partial charge in [-0.15, -0.1) is 6.42 Å². The van der Waals surface area contributed by atoms with Crippen molar-refractivity contribution in [2.75, 3.05) is 0 Å². The summed E-state index contributed by atoms with van der Waals surface area (Å²) in [6, 6.07) is 2.83. The third-order valence-electron chi connectivity index (χ3n) is 2.62. The highest BCUT2D eigenvalue weighted by atomic mass is 79.9. The Hall–Kier alpha value is -1.48. The van der Waals surface area contributed by atoms with Crippen LogP contribution < -0.4 is 5.32 Å². The summed E-state index contributed by atoms with van der Waals surface area (Å²) in [5.74, 6) is 1.78. The first-order valence-electron chi connectivity index (χ1n) is 5.93. The summed E-state index contributed by atoms with van der Waals surface area (Å²) in [7, 11) is 0. The molecule has 1 aromatic carbocycles. The van der Waals surface area contributed by atoms with Gasteiger partial charge in [0.25, 0.3) is 5.91 Å². The average molecular weight is 348 g/mol. The van der Waals surface area contributed by atoms with Gasteiger partial charge in [-0.1, -0.05) is 35.2 Å². The van der Waals surface area contributed by atoms with Crippen LogP contribution in [-0.2, 0) is 6.18 Å². The average Bonchev–Trinajstić information content (AvgIpc) is 2.37. The summed E-state index contributed by atoms with van der Waals surface area (Å²) >= 11 is 2.82. The molecule has 0 radical (unpaired) electrons. The van der Waals surface area contributed by atoms with Gasteiger partial charge in [0.2, 0.25) is 0 Å². The number of carbonyl (C=O) groups is 1. The highest BCUT2D eigenvalue weighted by molar-refractivity contribution is 9.10. The molecule has 0 saturated heterocycles. The smallest absolute Gasteiger partial charge is 0.338 e. The van der Waals surface area contributed by atoms with Crippen molar-refractivity contribution in [3.8, 4) is 12.3 Å². The van der Waals surface area contributed by atoms with Crippen molar-refractivity contribution in [3.05, 3.63) is 33.8 Å². The lowest BCUT2D eigenvalue weighted by Gasteiger charge is -2.14. The Balaban J connectivity index is 2.98. The molecule has 0 saturated carbocycles. The van der Waals surface area contributed by atoms with E-state index in [9.17, 15) is 18.0 Å². The number of rotatable bonds is 4. The SMILES string of the molecule is C#CC(CCC)NC(=O)c1ccc(Br)c(C(F)(F)F)c1. The molecule has 0 bridgehead atoms. The van der Waals surface area contributed by atoms with E-state index in [2.05, 4.69) is 27.2 Å². The zero-order valence-electron chi connectivity index (χ0n) is 10.7. The molecule has 0 aliphatic heterocycles. The number of benzene rings is 1. The van der Waals surface area contributed by atoms with Gasteiger partial charge in [0.1, 0.15) is 0 Å². The highest BCUT2D eigenvalue weighted by Gasteiger charge is 2.33. The fourth-order valence-electron chi connectivity index (χ4n) is 1.61. The number of nitrogens with one attached hydrogen (secondary N) is 1. The van der Waals surface area contributed by atoms with Gasteiger partial charge in [0, 0.05) is 10.0 Å². The fraction of sp³-hybridized carbons (Fsp3) is 0.357. The Morgan fingerprint density at radius 2 is 2.15 bits per heavy atom. The minimum atomic E-state index is -4.52. The number of terminal acetylenes is 1. The number of alkyl halides is 3. The first-order valence-corrected chi connectivity index (χ1v) is 6.72. The lowest BCUT2D eigenvalue weighted by Crippen LogP contribution is -2.33. The maximum absolute atomic E-state index is 12.7. The van der Waals surface area contributed by atoms with Crippen LogP contribution >= 0.6 is 15.9 Å². The molecule has 0 fully saturated rings. The predicted octanol–water partition coefficient (Wildman–Crippen LogP) is 4.00. The molecule has 108 valence electrons. The summed E-state index contributed by atoms with van der Waals surface area (Å²) in [5.41, 5.74) is -0.963. The molecule has 0 aliphatic rings. The van der Waals surface area contributed by atoms with E-state index in [4.69, 9.17) is 6.42 Å².